The number of nitrogens with zero attached hydrogens (tertiary/aromatic N) is 2. The van der Waals surface area contributed by atoms with Crippen LogP contribution in [0.4, 0.5) is 17.1 Å². The molecule has 0 atom stereocenters. The van der Waals surface area contributed by atoms with Gasteiger partial charge in [-0.15, -0.1) is 0 Å². The summed E-state index contributed by atoms with van der Waals surface area (Å²) >= 11 is 0. The second-order valence-corrected chi connectivity index (χ2v) is 9.43. The fourth-order valence-corrected chi connectivity index (χ4v) is 5.98. The Hall–Kier alpha value is -4.82. The first-order valence-corrected chi connectivity index (χ1v) is 12.4. The van der Waals surface area contributed by atoms with Gasteiger partial charge in [0.1, 0.15) is 0 Å². The smallest absolute Gasteiger partial charge is 0.0620 e. The van der Waals surface area contributed by atoms with Crippen molar-refractivity contribution in [2.45, 2.75) is 0 Å². The Balaban J connectivity index is 1.46. The molecule has 2 heteroatoms. The number of anilines is 3. The summed E-state index contributed by atoms with van der Waals surface area (Å²) in [5, 5.41) is 7.84. The van der Waals surface area contributed by atoms with E-state index in [2.05, 4.69) is 143 Å². The summed E-state index contributed by atoms with van der Waals surface area (Å²) in [4.78, 5) is 2.33. The minimum atomic E-state index is 1.15. The van der Waals surface area contributed by atoms with Crippen molar-refractivity contribution in [1.29, 1.82) is 0 Å². The highest BCUT2D eigenvalue weighted by Crippen LogP contribution is 2.43. The predicted molar refractivity (Wildman–Crippen MR) is 153 cm³/mol. The number of fused-ring (bicyclic) bond motifs is 8. The highest BCUT2D eigenvalue weighted by molar-refractivity contribution is 6.28. The molecule has 0 N–H and O–H groups in total. The van der Waals surface area contributed by atoms with Gasteiger partial charge in [-0.25, -0.2) is 0 Å². The zero-order chi connectivity index (χ0) is 23.6. The normalized spacial score (nSPS) is 11.9. The van der Waals surface area contributed by atoms with E-state index in [0.29, 0.717) is 0 Å². The van der Waals surface area contributed by atoms with Gasteiger partial charge in [-0.2, -0.15) is 0 Å². The summed E-state index contributed by atoms with van der Waals surface area (Å²) < 4.78 is 2.46. The molecule has 2 heterocycles. The van der Waals surface area contributed by atoms with Gasteiger partial charge in [-0.3, -0.25) is 0 Å². The van der Waals surface area contributed by atoms with E-state index in [-0.39, 0.29) is 0 Å². The van der Waals surface area contributed by atoms with Crippen molar-refractivity contribution in [3.05, 3.63) is 133 Å². The van der Waals surface area contributed by atoms with Gasteiger partial charge in [0.2, 0.25) is 0 Å². The zero-order valence-electron chi connectivity index (χ0n) is 19.6. The van der Waals surface area contributed by atoms with Crippen molar-refractivity contribution in [3.8, 4) is 0 Å². The molecule has 168 valence electrons. The quantitative estimate of drug-likeness (QED) is 0.256. The van der Waals surface area contributed by atoms with Gasteiger partial charge in [0, 0.05) is 38.6 Å². The predicted octanol–water partition coefficient (Wildman–Crippen LogP) is 9.46. The second-order valence-electron chi connectivity index (χ2n) is 9.43. The summed E-state index contributed by atoms with van der Waals surface area (Å²) in [6.07, 6.45) is 0. The van der Waals surface area contributed by atoms with E-state index >= 15 is 0 Å². The Morgan fingerprint density at radius 3 is 1.83 bits per heavy atom. The molecule has 0 aliphatic rings. The lowest BCUT2D eigenvalue weighted by Gasteiger charge is -2.25. The summed E-state index contributed by atoms with van der Waals surface area (Å²) in [6, 6.07) is 48.1. The third kappa shape index (κ3) is 2.61. The number of hydrogen-bond acceptors (Lipinski definition) is 1. The lowest BCUT2D eigenvalue weighted by Crippen LogP contribution is -2.09. The number of rotatable bonds is 3. The largest absolute Gasteiger partial charge is 0.310 e. The Bertz CT molecular complexity index is 2000. The molecule has 6 aromatic carbocycles. The van der Waals surface area contributed by atoms with Crippen LogP contribution in [0.1, 0.15) is 0 Å². The molecular weight excluding hydrogens is 436 g/mol. The number of aromatic nitrogens is 1. The number of hydrogen-bond donors (Lipinski definition) is 0. The third-order valence-corrected chi connectivity index (χ3v) is 7.48. The molecule has 8 aromatic rings. The maximum atomic E-state index is 2.46. The molecule has 0 amide bonds. The van der Waals surface area contributed by atoms with Crippen LogP contribution < -0.4 is 4.90 Å². The van der Waals surface area contributed by atoms with Crippen molar-refractivity contribution in [2.24, 2.45) is 0 Å². The molecule has 0 radical (unpaired) electrons. The Labute approximate surface area is 208 Å². The topological polar surface area (TPSA) is 7.65 Å². The van der Waals surface area contributed by atoms with Gasteiger partial charge >= 0.3 is 0 Å². The maximum Gasteiger partial charge on any atom is 0.0620 e. The van der Waals surface area contributed by atoms with Crippen LogP contribution in [-0.2, 0) is 0 Å². The summed E-state index contributed by atoms with van der Waals surface area (Å²) in [5.41, 5.74) is 7.28. The summed E-state index contributed by atoms with van der Waals surface area (Å²) in [6.45, 7) is 0. The molecule has 2 nitrogen and oxygen atoms in total. The SMILES string of the molecule is c1ccc(N(c2ccccc2)c2ccc3c(c2)c2cccc4c5c6ccccc6ccc5n3c24)cc1. The van der Waals surface area contributed by atoms with Gasteiger partial charge in [-0.05, 0) is 59.3 Å². The molecule has 0 aliphatic heterocycles. The van der Waals surface area contributed by atoms with Crippen LogP contribution >= 0.6 is 0 Å². The van der Waals surface area contributed by atoms with Gasteiger partial charge in [0.25, 0.3) is 0 Å². The molecule has 0 bridgehead atoms. The van der Waals surface area contributed by atoms with Crippen molar-refractivity contribution in [3.63, 3.8) is 0 Å². The second kappa shape index (κ2) is 7.34. The lowest BCUT2D eigenvalue weighted by atomic mass is 10.0. The molecule has 0 saturated carbocycles. The molecule has 36 heavy (non-hydrogen) atoms. The van der Waals surface area contributed by atoms with Crippen LogP contribution in [0, 0.1) is 0 Å². The minimum Gasteiger partial charge on any atom is -0.310 e. The van der Waals surface area contributed by atoms with Crippen LogP contribution in [0.25, 0.3) is 48.9 Å². The van der Waals surface area contributed by atoms with E-state index in [9.17, 15) is 0 Å². The van der Waals surface area contributed by atoms with Crippen LogP contribution in [0.15, 0.2) is 133 Å². The first-order chi connectivity index (χ1) is 17.9. The minimum absolute atomic E-state index is 1.15. The monoisotopic (exact) mass is 458 g/mol. The molecule has 8 rings (SSSR count). The van der Waals surface area contributed by atoms with Crippen LogP contribution in [0.3, 0.4) is 0 Å². The fourth-order valence-electron chi connectivity index (χ4n) is 5.98. The molecule has 0 fully saturated rings. The molecular formula is C34H22N2. The third-order valence-electron chi connectivity index (χ3n) is 7.48. The van der Waals surface area contributed by atoms with Crippen LogP contribution in [0.5, 0.6) is 0 Å². The van der Waals surface area contributed by atoms with Gasteiger partial charge < -0.3 is 9.30 Å². The standard InChI is InChI=1S/C34H22N2/c1-3-11-24(12-4-1)35(25-13-5-2-6-14-25)26-19-21-31-30(22-26)28-16-9-17-29-33-27-15-8-7-10-23(27)18-20-32(33)36(31)34(28)29/h1-22H. The van der Waals surface area contributed by atoms with E-state index < -0.39 is 0 Å². The molecule has 0 saturated heterocycles. The van der Waals surface area contributed by atoms with E-state index in [4.69, 9.17) is 0 Å². The van der Waals surface area contributed by atoms with Crippen molar-refractivity contribution >= 4 is 65.9 Å². The van der Waals surface area contributed by atoms with Crippen molar-refractivity contribution < 1.29 is 0 Å². The first kappa shape index (κ1) is 19.5. The molecule has 0 unspecified atom stereocenters. The summed E-state index contributed by atoms with van der Waals surface area (Å²) in [7, 11) is 0. The van der Waals surface area contributed by atoms with Crippen molar-refractivity contribution in [2.75, 3.05) is 4.90 Å². The van der Waals surface area contributed by atoms with E-state index in [1.807, 2.05) is 0 Å². The highest BCUT2D eigenvalue weighted by atomic mass is 15.1. The maximum absolute atomic E-state index is 2.46. The summed E-state index contributed by atoms with van der Waals surface area (Å²) in [5.74, 6) is 0. The van der Waals surface area contributed by atoms with Gasteiger partial charge in [0.05, 0.1) is 16.6 Å². The van der Waals surface area contributed by atoms with E-state index in [1.54, 1.807) is 0 Å². The average Bonchev–Trinajstić information content (AvgIpc) is 3.46. The fraction of sp³-hybridized carbons (Fsp3) is 0. The van der Waals surface area contributed by atoms with E-state index in [1.165, 1.54) is 48.9 Å². The highest BCUT2D eigenvalue weighted by Gasteiger charge is 2.20. The molecule has 0 aliphatic carbocycles. The average molecular weight is 459 g/mol. The van der Waals surface area contributed by atoms with Gasteiger partial charge in [0.15, 0.2) is 0 Å². The first-order valence-electron chi connectivity index (χ1n) is 12.4. The van der Waals surface area contributed by atoms with Gasteiger partial charge in [-0.1, -0.05) is 84.9 Å². The molecule has 0 spiro atoms. The number of para-hydroxylation sites is 3. The number of benzene rings is 6. The lowest BCUT2D eigenvalue weighted by molar-refractivity contribution is 1.29. The van der Waals surface area contributed by atoms with Crippen LogP contribution in [0.2, 0.25) is 0 Å². The van der Waals surface area contributed by atoms with Crippen molar-refractivity contribution in [1.82, 2.24) is 4.40 Å². The molecule has 2 aromatic heterocycles. The Morgan fingerprint density at radius 1 is 0.417 bits per heavy atom. The Morgan fingerprint density at radius 2 is 1.06 bits per heavy atom. The Kier molecular flexibility index (Phi) is 3.97. The zero-order valence-corrected chi connectivity index (χ0v) is 19.6. The van der Waals surface area contributed by atoms with Crippen LogP contribution in [-0.4, -0.2) is 4.40 Å². The van der Waals surface area contributed by atoms with E-state index in [0.717, 1.165) is 17.1 Å².